The van der Waals surface area contributed by atoms with E-state index in [1.165, 1.54) is 0 Å². The molecule has 0 fully saturated rings. The standard InChI is InChI=1S/C13H25N5O6/c14-4-2-1-3-8(15)12(23)16-5-10(20)18-9(7-19)13(24)17-6-11(21)22/h8-9,19H,1-7,14-15H2,(H,16,23)(H,17,24)(H,18,20)(H,21,22). The molecule has 0 radical (unpaired) electrons. The van der Waals surface area contributed by atoms with Gasteiger partial charge in [0.1, 0.15) is 12.6 Å². The Bertz CT molecular complexity index is 445. The van der Waals surface area contributed by atoms with Gasteiger partial charge in [-0.05, 0) is 19.4 Å². The lowest BCUT2D eigenvalue weighted by Crippen LogP contribution is -2.52. The van der Waals surface area contributed by atoms with Crippen LogP contribution < -0.4 is 27.4 Å². The zero-order chi connectivity index (χ0) is 18.5. The van der Waals surface area contributed by atoms with Gasteiger partial charge in [-0.2, -0.15) is 0 Å². The highest BCUT2D eigenvalue weighted by atomic mass is 16.4. The molecule has 0 aromatic heterocycles. The van der Waals surface area contributed by atoms with E-state index in [0.29, 0.717) is 19.4 Å². The molecule has 0 heterocycles. The number of aliphatic carboxylic acids is 1. The molecule has 0 bridgehead atoms. The topological polar surface area (TPSA) is 197 Å². The van der Waals surface area contributed by atoms with Gasteiger partial charge >= 0.3 is 5.97 Å². The van der Waals surface area contributed by atoms with E-state index in [9.17, 15) is 19.2 Å². The van der Waals surface area contributed by atoms with E-state index < -0.39 is 55.5 Å². The van der Waals surface area contributed by atoms with Crippen molar-refractivity contribution >= 4 is 23.7 Å². The molecule has 11 heteroatoms. The number of carbonyl (C=O) groups is 4. The van der Waals surface area contributed by atoms with E-state index in [2.05, 4.69) is 10.6 Å². The van der Waals surface area contributed by atoms with Gasteiger partial charge in [-0.25, -0.2) is 0 Å². The van der Waals surface area contributed by atoms with E-state index in [0.717, 1.165) is 6.42 Å². The quantitative estimate of drug-likeness (QED) is 0.175. The van der Waals surface area contributed by atoms with Crippen molar-refractivity contribution in [3.8, 4) is 0 Å². The lowest BCUT2D eigenvalue weighted by atomic mass is 10.1. The van der Waals surface area contributed by atoms with Crippen LogP contribution in [0.15, 0.2) is 0 Å². The number of aliphatic hydroxyl groups excluding tert-OH is 1. The van der Waals surface area contributed by atoms with E-state index in [1.54, 1.807) is 0 Å². The van der Waals surface area contributed by atoms with Crippen LogP contribution in [-0.2, 0) is 19.2 Å². The fourth-order valence-corrected chi connectivity index (χ4v) is 1.66. The summed E-state index contributed by atoms with van der Waals surface area (Å²) in [5.41, 5.74) is 11.0. The number of nitrogens with one attached hydrogen (secondary N) is 3. The van der Waals surface area contributed by atoms with Crippen molar-refractivity contribution in [1.82, 2.24) is 16.0 Å². The molecular formula is C13H25N5O6. The Morgan fingerprint density at radius 2 is 1.62 bits per heavy atom. The fourth-order valence-electron chi connectivity index (χ4n) is 1.66. The highest BCUT2D eigenvalue weighted by molar-refractivity contribution is 5.91. The lowest BCUT2D eigenvalue weighted by Gasteiger charge is -2.16. The Balaban J connectivity index is 4.19. The Hall–Kier alpha value is -2.24. The monoisotopic (exact) mass is 347 g/mol. The Kier molecular flexibility index (Phi) is 11.1. The highest BCUT2D eigenvalue weighted by Crippen LogP contribution is 1.97. The van der Waals surface area contributed by atoms with Gasteiger partial charge in [-0.3, -0.25) is 19.2 Å². The average molecular weight is 347 g/mol. The molecule has 3 amide bonds. The van der Waals surface area contributed by atoms with Gasteiger partial charge in [0.2, 0.25) is 17.7 Å². The van der Waals surface area contributed by atoms with Crippen LogP contribution in [0, 0.1) is 0 Å². The van der Waals surface area contributed by atoms with Crippen LogP contribution in [0.2, 0.25) is 0 Å². The van der Waals surface area contributed by atoms with Crippen LogP contribution in [0.5, 0.6) is 0 Å². The van der Waals surface area contributed by atoms with Gasteiger partial charge in [-0.15, -0.1) is 0 Å². The fraction of sp³-hybridized carbons (Fsp3) is 0.692. The van der Waals surface area contributed by atoms with Crippen LogP contribution >= 0.6 is 0 Å². The van der Waals surface area contributed by atoms with Crippen molar-refractivity contribution < 1.29 is 29.4 Å². The first-order chi connectivity index (χ1) is 11.3. The summed E-state index contributed by atoms with van der Waals surface area (Å²) in [7, 11) is 0. The Morgan fingerprint density at radius 3 is 2.17 bits per heavy atom. The van der Waals surface area contributed by atoms with Crippen LogP contribution in [-0.4, -0.2) is 72.2 Å². The van der Waals surface area contributed by atoms with Crippen LogP contribution in [0.3, 0.4) is 0 Å². The summed E-state index contributed by atoms with van der Waals surface area (Å²) in [6.07, 6.45) is 1.86. The molecule has 2 atom stereocenters. The maximum atomic E-state index is 11.7. The summed E-state index contributed by atoms with van der Waals surface area (Å²) >= 11 is 0. The molecule has 24 heavy (non-hydrogen) atoms. The number of hydrogen-bond acceptors (Lipinski definition) is 7. The van der Waals surface area contributed by atoms with Crippen molar-refractivity contribution in [3.05, 3.63) is 0 Å². The van der Waals surface area contributed by atoms with Crippen LogP contribution in [0.1, 0.15) is 19.3 Å². The van der Waals surface area contributed by atoms with E-state index in [4.69, 9.17) is 21.7 Å². The van der Waals surface area contributed by atoms with Crippen LogP contribution in [0.4, 0.5) is 0 Å². The third-order valence-corrected chi connectivity index (χ3v) is 2.98. The van der Waals surface area contributed by atoms with Crippen molar-refractivity contribution in [3.63, 3.8) is 0 Å². The maximum Gasteiger partial charge on any atom is 0.322 e. The molecule has 0 spiro atoms. The molecule has 0 rings (SSSR count). The Morgan fingerprint density at radius 1 is 1.00 bits per heavy atom. The lowest BCUT2D eigenvalue weighted by molar-refractivity contribution is -0.138. The summed E-state index contributed by atoms with van der Waals surface area (Å²) < 4.78 is 0. The molecule has 138 valence electrons. The van der Waals surface area contributed by atoms with Crippen molar-refractivity contribution in [1.29, 1.82) is 0 Å². The predicted molar refractivity (Wildman–Crippen MR) is 83.6 cm³/mol. The third-order valence-electron chi connectivity index (χ3n) is 2.98. The second kappa shape index (κ2) is 12.2. The van der Waals surface area contributed by atoms with Gasteiger partial charge < -0.3 is 37.6 Å². The first kappa shape index (κ1) is 21.8. The van der Waals surface area contributed by atoms with Crippen LogP contribution in [0.25, 0.3) is 0 Å². The second-order valence-electron chi connectivity index (χ2n) is 5.02. The Labute approximate surface area is 139 Å². The largest absolute Gasteiger partial charge is 0.480 e. The number of aliphatic hydroxyl groups is 1. The van der Waals surface area contributed by atoms with Crippen molar-refractivity contribution in [2.45, 2.75) is 31.3 Å². The van der Waals surface area contributed by atoms with Gasteiger partial charge in [0.05, 0.1) is 19.2 Å². The minimum absolute atomic E-state index is 0.424. The maximum absolute atomic E-state index is 11.7. The molecule has 0 aromatic rings. The first-order valence-corrected chi connectivity index (χ1v) is 7.44. The normalized spacial score (nSPS) is 12.8. The summed E-state index contributed by atoms with van der Waals surface area (Å²) in [6, 6.07) is -2.08. The molecule has 0 saturated heterocycles. The van der Waals surface area contributed by atoms with E-state index in [1.807, 2.05) is 5.32 Å². The van der Waals surface area contributed by atoms with Gasteiger partial charge in [0.25, 0.3) is 0 Å². The number of carboxylic acids is 1. The molecule has 9 N–H and O–H groups in total. The minimum atomic E-state index is -1.31. The minimum Gasteiger partial charge on any atom is -0.480 e. The molecular weight excluding hydrogens is 322 g/mol. The average Bonchev–Trinajstić information content (AvgIpc) is 2.55. The van der Waals surface area contributed by atoms with E-state index in [-0.39, 0.29) is 0 Å². The number of carboxylic acid groups (broad SMARTS) is 1. The SMILES string of the molecule is NCCCCC(N)C(=O)NCC(=O)NC(CO)C(=O)NCC(=O)O. The molecule has 2 unspecified atom stereocenters. The summed E-state index contributed by atoms with van der Waals surface area (Å²) in [5, 5.41) is 24.0. The summed E-state index contributed by atoms with van der Waals surface area (Å²) in [6.45, 7) is -1.28. The highest BCUT2D eigenvalue weighted by Gasteiger charge is 2.21. The molecule has 0 aliphatic heterocycles. The van der Waals surface area contributed by atoms with Crippen molar-refractivity contribution in [2.24, 2.45) is 11.5 Å². The number of nitrogens with two attached hydrogens (primary N) is 2. The second-order valence-corrected chi connectivity index (χ2v) is 5.02. The number of carbonyl (C=O) groups excluding carboxylic acids is 3. The van der Waals surface area contributed by atoms with E-state index >= 15 is 0 Å². The number of amides is 3. The van der Waals surface area contributed by atoms with Gasteiger partial charge in [0, 0.05) is 0 Å². The number of hydrogen-bond donors (Lipinski definition) is 7. The smallest absolute Gasteiger partial charge is 0.322 e. The zero-order valence-corrected chi connectivity index (χ0v) is 13.3. The number of rotatable bonds is 12. The van der Waals surface area contributed by atoms with Gasteiger partial charge in [-0.1, -0.05) is 6.42 Å². The zero-order valence-electron chi connectivity index (χ0n) is 13.3. The summed E-state index contributed by atoms with van der Waals surface area (Å²) in [4.78, 5) is 45.2. The predicted octanol–water partition coefficient (Wildman–Crippen LogP) is -3.76. The molecule has 0 aliphatic carbocycles. The first-order valence-electron chi connectivity index (χ1n) is 7.44. The summed E-state index contributed by atoms with van der Waals surface area (Å²) in [5.74, 6) is -3.35. The molecule has 11 nitrogen and oxygen atoms in total. The molecule has 0 aromatic carbocycles. The molecule has 0 aliphatic rings. The molecule has 0 saturated carbocycles. The number of unbranched alkanes of at least 4 members (excludes halogenated alkanes) is 1. The van der Waals surface area contributed by atoms with Crippen molar-refractivity contribution in [2.75, 3.05) is 26.2 Å². The van der Waals surface area contributed by atoms with Gasteiger partial charge in [0.15, 0.2) is 0 Å². The third kappa shape index (κ3) is 9.71.